The fraction of sp³-hybridized carbons (Fsp3) is 0.238. The Bertz CT molecular complexity index is 968. The van der Waals surface area contributed by atoms with E-state index in [1.54, 1.807) is 43.5 Å². The van der Waals surface area contributed by atoms with Gasteiger partial charge in [-0.3, -0.25) is 9.59 Å². The number of carbonyl (C=O) groups excluding carboxylic acids is 2. The first-order chi connectivity index (χ1) is 12.4. The average Bonchev–Trinajstić information content (AvgIpc) is 2.97. The van der Waals surface area contributed by atoms with E-state index in [2.05, 4.69) is 5.32 Å². The first-order valence-corrected chi connectivity index (χ1v) is 8.43. The van der Waals surface area contributed by atoms with Crippen LogP contribution in [0.4, 0.5) is 5.69 Å². The molecule has 0 unspecified atom stereocenters. The molecule has 3 aromatic rings. The highest BCUT2D eigenvalue weighted by Crippen LogP contribution is 2.30. The monoisotopic (exact) mass is 351 g/mol. The van der Waals surface area contributed by atoms with Crippen molar-refractivity contribution in [3.8, 4) is 5.75 Å². The Morgan fingerprint density at radius 1 is 1.08 bits per heavy atom. The fourth-order valence-corrected chi connectivity index (χ4v) is 2.68. The standard InChI is InChI=1S/C21H21NO4/c1-12(2)21(24)22-15-7-10-18-17(11-15)13(3)20(26-18)19(23)14-5-8-16(25-4)9-6-14/h5-12H,1-4H3,(H,22,24). The molecule has 1 aromatic heterocycles. The Kier molecular flexibility index (Phi) is 4.80. The number of hydrogen-bond acceptors (Lipinski definition) is 4. The summed E-state index contributed by atoms with van der Waals surface area (Å²) in [5, 5.41) is 3.67. The number of benzene rings is 2. The normalized spacial score (nSPS) is 11.0. The summed E-state index contributed by atoms with van der Waals surface area (Å²) in [6.45, 7) is 5.52. The zero-order chi connectivity index (χ0) is 18.8. The number of fused-ring (bicyclic) bond motifs is 1. The summed E-state index contributed by atoms with van der Waals surface area (Å²) in [6, 6.07) is 12.3. The van der Waals surface area contributed by atoms with Gasteiger partial charge in [0.25, 0.3) is 0 Å². The van der Waals surface area contributed by atoms with Crippen molar-refractivity contribution in [2.24, 2.45) is 5.92 Å². The van der Waals surface area contributed by atoms with Crippen LogP contribution in [-0.2, 0) is 4.79 Å². The number of aryl methyl sites for hydroxylation is 1. The zero-order valence-corrected chi connectivity index (χ0v) is 15.3. The van der Waals surface area contributed by atoms with Crippen LogP contribution in [0.3, 0.4) is 0 Å². The lowest BCUT2D eigenvalue weighted by Crippen LogP contribution is -2.17. The molecule has 0 bridgehead atoms. The van der Waals surface area contributed by atoms with Crippen molar-refractivity contribution in [1.29, 1.82) is 0 Å². The first-order valence-electron chi connectivity index (χ1n) is 8.43. The lowest BCUT2D eigenvalue weighted by atomic mass is 10.0. The van der Waals surface area contributed by atoms with Crippen molar-refractivity contribution in [1.82, 2.24) is 0 Å². The van der Waals surface area contributed by atoms with Crippen molar-refractivity contribution < 1.29 is 18.7 Å². The molecule has 0 spiro atoms. The number of carbonyl (C=O) groups is 2. The molecule has 1 N–H and O–H groups in total. The van der Waals surface area contributed by atoms with Gasteiger partial charge >= 0.3 is 0 Å². The van der Waals surface area contributed by atoms with E-state index in [1.165, 1.54) is 0 Å². The minimum absolute atomic E-state index is 0.0555. The molecule has 0 radical (unpaired) electrons. The molecule has 0 atom stereocenters. The first kappa shape index (κ1) is 17.7. The van der Waals surface area contributed by atoms with Gasteiger partial charge in [-0.2, -0.15) is 0 Å². The molecule has 0 aliphatic heterocycles. The van der Waals surface area contributed by atoms with Crippen molar-refractivity contribution in [2.75, 3.05) is 12.4 Å². The predicted molar refractivity (Wildman–Crippen MR) is 101 cm³/mol. The molecule has 26 heavy (non-hydrogen) atoms. The Morgan fingerprint density at radius 3 is 2.38 bits per heavy atom. The SMILES string of the molecule is COc1ccc(C(=O)c2oc3ccc(NC(=O)C(C)C)cc3c2C)cc1. The van der Waals surface area contributed by atoms with Crippen LogP contribution >= 0.6 is 0 Å². The minimum Gasteiger partial charge on any atom is -0.497 e. The van der Waals surface area contributed by atoms with E-state index in [9.17, 15) is 9.59 Å². The second-order valence-electron chi connectivity index (χ2n) is 6.47. The minimum atomic E-state index is -0.186. The number of amides is 1. The van der Waals surface area contributed by atoms with E-state index in [-0.39, 0.29) is 17.6 Å². The molecule has 134 valence electrons. The smallest absolute Gasteiger partial charge is 0.228 e. The van der Waals surface area contributed by atoms with Crippen LogP contribution in [0.25, 0.3) is 11.0 Å². The van der Waals surface area contributed by atoms with Gasteiger partial charge in [0.1, 0.15) is 11.3 Å². The fourth-order valence-electron chi connectivity index (χ4n) is 2.68. The molecule has 0 saturated heterocycles. The van der Waals surface area contributed by atoms with E-state index in [0.29, 0.717) is 28.3 Å². The second kappa shape index (κ2) is 7.04. The molecule has 0 fully saturated rings. The van der Waals surface area contributed by atoms with Gasteiger partial charge in [0.15, 0.2) is 5.76 Å². The van der Waals surface area contributed by atoms with E-state index < -0.39 is 0 Å². The number of hydrogen-bond donors (Lipinski definition) is 1. The quantitative estimate of drug-likeness (QED) is 0.683. The lowest BCUT2D eigenvalue weighted by molar-refractivity contribution is -0.118. The molecular formula is C21H21NO4. The van der Waals surface area contributed by atoms with Crippen LogP contribution in [0.15, 0.2) is 46.9 Å². The third-order valence-corrected chi connectivity index (χ3v) is 4.29. The van der Waals surface area contributed by atoms with Gasteiger partial charge < -0.3 is 14.5 Å². The second-order valence-corrected chi connectivity index (χ2v) is 6.47. The van der Waals surface area contributed by atoms with Gasteiger partial charge in [-0.05, 0) is 49.4 Å². The number of anilines is 1. The zero-order valence-electron chi connectivity index (χ0n) is 15.3. The molecule has 5 heteroatoms. The summed E-state index contributed by atoms with van der Waals surface area (Å²) in [5.74, 6) is 0.642. The largest absolute Gasteiger partial charge is 0.497 e. The average molecular weight is 351 g/mol. The highest BCUT2D eigenvalue weighted by Gasteiger charge is 2.20. The van der Waals surface area contributed by atoms with Crippen molar-refractivity contribution in [3.05, 3.63) is 59.4 Å². The van der Waals surface area contributed by atoms with Crippen LogP contribution in [-0.4, -0.2) is 18.8 Å². The molecule has 0 aliphatic carbocycles. The van der Waals surface area contributed by atoms with Crippen LogP contribution in [0.5, 0.6) is 5.75 Å². The summed E-state index contributed by atoms with van der Waals surface area (Å²) in [4.78, 5) is 24.7. The highest BCUT2D eigenvalue weighted by atomic mass is 16.5. The Morgan fingerprint density at radius 2 is 1.77 bits per heavy atom. The van der Waals surface area contributed by atoms with Gasteiger partial charge in [0.2, 0.25) is 11.7 Å². The Balaban J connectivity index is 1.95. The van der Waals surface area contributed by atoms with E-state index in [1.807, 2.05) is 26.8 Å². The van der Waals surface area contributed by atoms with Crippen molar-refractivity contribution in [2.45, 2.75) is 20.8 Å². The number of furan rings is 1. The summed E-state index contributed by atoms with van der Waals surface area (Å²) < 4.78 is 10.9. The molecule has 1 heterocycles. The summed E-state index contributed by atoms with van der Waals surface area (Å²) >= 11 is 0. The van der Waals surface area contributed by atoms with E-state index >= 15 is 0 Å². The van der Waals surface area contributed by atoms with E-state index in [4.69, 9.17) is 9.15 Å². The van der Waals surface area contributed by atoms with Crippen LogP contribution in [0, 0.1) is 12.8 Å². The highest BCUT2D eigenvalue weighted by molar-refractivity contribution is 6.10. The molecular weight excluding hydrogens is 330 g/mol. The van der Waals surface area contributed by atoms with Gasteiger partial charge in [0.05, 0.1) is 7.11 Å². The van der Waals surface area contributed by atoms with Crippen LogP contribution in [0.2, 0.25) is 0 Å². The number of ketones is 1. The van der Waals surface area contributed by atoms with Crippen molar-refractivity contribution >= 4 is 28.3 Å². The molecule has 1 amide bonds. The maximum absolute atomic E-state index is 12.8. The predicted octanol–water partition coefficient (Wildman–Crippen LogP) is 4.58. The number of rotatable bonds is 5. The molecule has 2 aromatic carbocycles. The summed E-state index contributed by atoms with van der Waals surface area (Å²) in [5.41, 5.74) is 2.58. The third-order valence-electron chi connectivity index (χ3n) is 4.29. The van der Waals surface area contributed by atoms with Crippen LogP contribution in [0.1, 0.15) is 35.5 Å². The van der Waals surface area contributed by atoms with Crippen LogP contribution < -0.4 is 10.1 Å². The number of ether oxygens (including phenoxy) is 1. The van der Waals surface area contributed by atoms with Gasteiger partial charge in [-0.1, -0.05) is 13.8 Å². The van der Waals surface area contributed by atoms with Gasteiger partial charge in [-0.15, -0.1) is 0 Å². The lowest BCUT2D eigenvalue weighted by Gasteiger charge is -2.07. The van der Waals surface area contributed by atoms with E-state index in [0.717, 1.165) is 10.9 Å². The molecule has 5 nitrogen and oxygen atoms in total. The van der Waals surface area contributed by atoms with Gasteiger partial charge in [-0.25, -0.2) is 0 Å². The molecule has 0 aliphatic rings. The Hall–Kier alpha value is -3.08. The van der Waals surface area contributed by atoms with Gasteiger partial charge in [0, 0.05) is 28.1 Å². The molecule has 3 rings (SSSR count). The number of nitrogens with one attached hydrogen (secondary N) is 1. The third kappa shape index (κ3) is 3.33. The summed E-state index contributed by atoms with van der Waals surface area (Å²) in [7, 11) is 1.58. The maximum atomic E-state index is 12.8. The summed E-state index contributed by atoms with van der Waals surface area (Å²) in [6.07, 6.45) is 0. The van der Waals surface area contributed by atoms with Crippen molar-refractivity contribution in [3.63, 3.8) is 0 Å². The topological polar surface area (TPSA) is 68.5 Å². The molecule has 0 saturated carbocycles. The Labute approximate surface area is 152 Å². The maximum Gasteiger partial charge on any atom is 0.228 e. The number of methoxy groups -OCH3 is 1.